The van der Waals surface area contributed by atoms with E-state index in [0.29, 0.717) is 12.8 Å². The Balaban J connectivity index is 2.44. The molecule has 0 aliphatic carbocycles. The van der Waals surface area contributed by atoms with E-state index in [1.165, 1.54) is 0 Å². The molecule has 0 spiro atoms. The normalized spacial score (nSPS) is 12.5. The fraction of sp³-hybridized carbons (Fsp3) is 0.455. The van der Waals surface area contributed by atoms with Crippen molar-refractivity contribution in [2.24, 2.45) is 5.73 Å². The Morgan fingerprint density at radius 1 is 1.60 bits per heavy atom. The molecule has 1 unspecified atom stereocenters. The number of halogens is 1. The van der Waals surface area contributed by atoms with Crippen LogP contribution in [-0.4, -0.2) is 16.8 Å². The second-order valence-corrected chi connectivity index (χ2v) is 4.66. The number of Topliss-reactive ketones (excluding diaryl/α,β-unsaturated/α-hetero) is 1. The average molecular weight is 271 g/mol. The van der Waals surface area contributed by atoms with Crippen molar-refractivity contribution in [1.82, 2.24) is 4.98 Å². The predicted octanol–water partition coefficient (Wildman–Crippen LogP) is 2.08. The van der Waals surface area contributed by atoms with Gasteiger partial charge in [0.25, 0.3) is 0 Å². The van der Waals surface area contributed by atoms with E-state index < -0.39 is 0 Å². The number of carbonyl (C=O) groups excluding carboxylic acids is 1. The number of aromatic nitrogens is 1. The van der Waals surface area contributed by atoms with Gasteiger partial charge in [0.1, 0.15) is 5.78 Å². The van der Waals surface area contributed by atoms with Crippen LogP contribution in [0.1, 0.15) is 25.3 Å². The first-order valence-electron chi connectivity index (χ1n) is 4.94. The molecule has 1 aromatic rings. The van der Waals surface area contributed by atoms with Crippen molar-refractivity contribution in [3.05, 3.63) is 28.5 Å². The third-order valence-electron chi connectivity index (χ3n) is 2.04. The number of nitrogens with zero attached hydrogens (tertiary/aromatic N) is 1. The fourth-order valence-corrected chi connectivity index (χ4v) is 1.67. The first-order valence-corrected chi connectivity index (χ1v) is 5.74. The summed E-state index contributed by atoms with van der Waals surface area (Å²) in [6, 6.07) is 2.01. The third-order valence-corrected chi connectivity index (χ3v) is 2.47. The average Bonchev–Trinajstić information content (AvgIpc) is 2.15. The lowest BCUT2D eigenvalue weighted by molar-refractivity contribution is -0.118. The van der Waals surface area contributed by atoms with E-state index in [1.54, 1.807) is 12.4 Å². The minimum absolute atomic E-state index is 0.0922. The zero-order valence-corrected chi connectivity index (χ0v) is 10.3. The van der Waals surface area contributed by atoms with E-state index in [4.69, 9.17) is 5.73 Å². The monoisotopic (exact) mass is 270 g/mol. The quantitative estimate of drug-likeness (QED) is 0.892. The smallest absolute Gasteiger partial charge is 0.137 e. The summed E-state index contributed by atoms with van der Waals surface area (Å²) in [5, 5.41) is 0. The molecule has 0 radical (unpaired) electrons. The third kappa shape index (κ3) is 5.04. The molecule has 4 heteroatoms. The van der Waals surface area contributed by atoms with Crippen LogP contribution in [0, 0.1) is 0 Å². The van der Waals surface area contributed by atoms with Crippen LogP contribution in [0.25, 0.3) is 0 Å². The Kier molecular flexibility index (Phi) is 4.91. The van der Waals surface area contributed by atoms with E-state index >= 15 is 0 Å². The van der Waals surface area contributed by atoms with Gasteiger partial charge in [-0.3, -0.25) is 9.78 Å². The lowest BCUT2D eigenvalue weighted by Crippen LogP contribution is -2.17. The number of rotatable bonds is 5. The van der Waals surface area contributed by atoms with Crippen molar-refractivity contribution in [3.8, 4) is 0 Å². The Morgan fingerprint density at radius 3 is 2.93 bits per heavy atom. The Bertz CT molecular complexity index is 339. The van der Waals surface area contributed by atoms with Crippen molar-refractivity contribution in [2.75, 3.05) is 0 Å². The maximum atomic E-state index is 11.5. The van der Waals surface area contributed by atoms with E-state index in [1.807, 2.05) is 13.0 Å². The number of nitrogens with two attached hydrogens (primary N) is 1. The van der Waals surface area contributed by atoms with Crippen molar-refractivity contribution in [2.45, 2.75) is 32.2 Å². The summed E-state index contributed by atoms with van der Waals surface area (Å²) in [5.74, 6) is 0.215. The molecule has 1 aromatic heterocycles. The maximum absolute atomic E-state index is 11.5. The van der Waals surface area contributed by atoms with Gasteiger partial charge in [0, 0.05) is 35.7 Å². The summed E-state index contributed by atoms with van der Waals surface area (Å²) in [6.07, 6.45) is 5.16. The standard InChI is InChI=1S/C11H15BrN2O/c1-8(13)2-3-11(15)5-9-4-10(12)7-14-6-9/h4,6-8H,2-3,5,13H2,1H3. The molecular formula is C11H15BrN2O. The van der Waals surface area contributed by atoms with Crippen LogP contribution >= 0.6 is 15.9 Å². The highest BCUT2D eigenvalue weighted by Gasteiger charge is 2.05. The Labute approximate surface area is 98.2 Å². The van der Waals surface area contributed by atoms with Gasteiger partial charge in [-0.15, -0.1) is 0 Å². The predicted molar refractivity (Wildman–Crippen MR) is 63.5 cm³/mol. The molecular weight excluding hydrogens is 256 g/mol. The highest BCUT2D eigenvalue weighted by Crippen LogP contribution is 2.11. The first-order chi connectivity index (χ1) is 7.08. The number of pyridine rings is 1. The number of hydrogen-bond acceptors (Lipinski definition) is 3. The summed E-state index contributed by atoms with van der Waals surface area (Å²) in [6.45, 7) is 1.91. The van der Waals surface area contributed by atoms with E-state index in [-0.39, 0.29) is 11.8 Å². The van der Waals surface area contributed by atoms with Crippen LogP contribution in [0.5, 0.6) is 0 Å². The molecule has 0 aromatic carbocycles. The number of ketones is 1. The highest BCUT2D eigenvalue weighted by atomic mass is 79.9. The van der Waals surface area contributed by atoms with E-state index in [0.717, 1.165) is 16.5 Å². The van der Waals surface area contributed by atoms with Crippen molar-refractivity contribution in [1.29, 1.82) is 0 Å². The molecule has 15 heavy (non-hydrogen) atoms. The second-order valence-electron chi connectivity index (χ2n) is 3.74. The summed E-state index contributed by atoms with van der Waals surface area (Å²) in [5.41, 5.74) is 6.53. The van der Waals surface area contributed by atoms with Gasteiger partial charge >= 0.3 is 0 Å². The van der Waals surface area contributed by atoms with Crippen LogP contribution in [0.2, 0.25) is 0 Å². The summed E-state index contributed by atoms with van der Waals surface area (Å²) >= 11 is 3.32. The largest absolute Gasteiger partial charge is 0.328 e. The molecule has 0 saturated heterocycles. The molecule has 0 aliphatic heterocycles. The summed E-state index contributed by atoms with van der Waals surface area (Å²) in [7, 11) is 0. The maximum Gasteiger partial charge on any atom is 0.137 e. The minimum Gasteiger partial charge on any atom is -0.328 e. The summed E-state index contributed by atoms with van der Waals surface area (Å²) < 4.78 is 0.903. The molecule has 82 valence electrons. The number of carbonyl (C=O) groups is 1. The van der Waals surface area contributed by atoms with Crippen LogP contribution in [0.3, 0.4) is 0 Å². The van der Waals surface area contributed by atoms with Gasteiger partial charge in [0.2, 0.25) is 0 Å². The molecule has 0 saturated carbocycles. The van der Waals surface area contributed by atoms with Crippen LogP contribution in [0.4, 0.5) is 0 Å². The molecule has 0 fully saturated rings. The zero-order chi connectivity index (χ0) is 11.3. The van der Waals surface area contributed by atoms with Gasteiger partial charge in [-0.1, -0.05) is 0 Å². The van der Waals surface area contributed by atoms with Gasteiger partial charge in [-0.25, -0.2) is 0 Å². The molecule has 0 bridgehead atoms. The molecule has 0 aliphatic rings. The van der Waals surface area contributed by atoms with E-state index in [9.17, 15) is 4.79 Å². The number of hydrogen-bond donors (Lipinski definition) is 1. The second kappa shape index (κ2) is 5.98. The highest BCUT2D eigenvalue weighted by molar-refractivity contribution is 9.10. The summed E-state index contributed by atoms with van der Waals surface area (Å²) in [4.78, 5) is 15.5. The Morgan fingerprint density at radius 2 is 2.33 bits per heavy atom. The van der Waals surface area contributed by atoms with Crippen LogP contribution in [-0.2, 0) is 11.2 Å². The van der Waals surface area contributed by atoms with Crippen LogP contribution in [0.15, 0.2) is 22.9 Å². The van der Waals surface area contributed by atoms with Gasteiger partial charge < -0.3 is 5.73 Å². The lowest BCUT2D eigenvalue weighted by atomic mass is 10.1. The SMILES string of the molecule is CC(N)CCC(=O)Cc1cncc(Br)c1. The molecule has 1 heterocycles. The Hall–Kier alpha value is -0.740. The molecule has 2 N–H and O–H groups in total. The first kappa shape index (κ1) is 12.3. The topological polar surface area (TPSA) is 56.0 Å². The van der Waals surface area contributed by atoms with Crippen molar-refractivity contribution < 1.29 is 4.79 Å². The molecule has 1 atom stereocenters. The lowest BCUT2D eigenvalue weighted by Gasteiger charge is -2.04. The molecule has 1 rings (SSSR count). The fourth-order valence-electron chi connectivity index (χ4n) is 1.26. The van der Waals surface area contributed by atoms with E-state index in [2.05, 4.69) is 20.9 Å². The molecule has 0 amide bonds. The van der Waals surface area contributed by atoms with Crippen molar-refractivity contribution in [3.63, 3.8) is 0 Å². The van der Waals surface area contributed by atoms with Crippen LogP contribution < -0.4 is 5.73 Å². The zero-order valence-electron chi connectivity index (χ0n) is 8.74. The minimum atomic E-state index is 0.0922. The molecule has 3 nitrogen and oxygen atoms in total. The van der Waals surface area contributed by atoms with Gasteiger partial charge in [-0.2, -0.15) is 0 Å². The van der Waals surface area contributed by atoms with Gasteiger partial charge in [-0.05, 0) is 40.9 Å². The van der Waals surface area contributed by atoms with Gasteiger partial charge in [0.05, 0.1) is 0 Å². The van der Waals surface area contributed by atoms with Crippen molar-refractivity contribution >= 4 is 21.7 Å². The van der Waals surface area contributed by atoms with Gasteiger partial charge in [0.15, 0.2) is 0 Å².